The molecule has 0 saturated carbocycles. The second-order valence-electron chi connectivity index (χ2n) is 4.69. The van der Waals surface area contributed by atoms with E-state index in [0.717, 1.165) is 32.7 Å². The van der Waals surface area contributed by atoms with E-state index >= 15 is 0 Å². The van der Waals surface area contributed by atoms with Crippen molar-refractivity contribution >= 4 is 0 Å². The molecule has 0 rings (SSSR count). The summed E-state index contributed by atoms with van der Waals surface area (Å²) < 4.78 is 10.8. The highest BCUT2D eigenvalue weighted by Crippen LogP contribution is 2.07. The molecule has 0 heterocycles. The second-order valence-corrected chi connectivity index (χ2v) is 4.69. The lowest BCUT2D eigenvalue weighted by molar-refractivity contribution is 0.134. The van der Waals surface area contributed by atoms with Crippen molar-refractivity contribution in [1.82, 2.24) is 0 Å². The Morgan fingerprint density at radius 2 is 1.32 bits per heavy atom. The molecule has 0 aromatic carbocycles. The van der Waals surface area contributed by atoms with Gasteiger partial charge < -0.3 is 9.47 Å². The lowest BCUT2D eigenvalue weighted by atomic mass is 10.1. The number of hydrogen-bond acceptors (Lipinski definition) is 2. The van der Waals surface area contributed by atoms with Crippen LogP contribution >= 0.6 is 0 Å². The number of rotatable bonds is 16. The van der Waals surface area contributed by atoms with Crippen molar-refractivity contribution in [1.29, 1.82) is 0 Å². The molecule has 0 spiro atoms. The molecule has 2 nitrogen and oxygen atoms in total. The van der Waals surface area contributed by atoms with E-state index in [0.29, 0.717) is 6.61 Å². The van der Waals surface area contributed by atoms with Gasteiger partial charge in [-0.15, -0.1) is 13.2 Å². The summed E-state index contributed by atoms with van der Waals surface area (Å²) in [6, 6.07) is 0. The van der Waals surface area contributed by atoms with Gasteiger partial charge in [0.2, 0.25) is 0 Å². The third-order valence-electron chi connectivity index (χ3n) is 2.85. The first kappa shape index (κ1) is 18.4. The summed E-state index contributed by atoms with van der Waals surface area (Å²) in [6.45, 7) is 10.6. The Morgan fingerprint density at radius 1 is 0.632 bits per heavy atom. The molecule has 0 aliphatic rings. The Balaban J connectivity index is 2.91. The molecule has 0 aromatic rings. The van der Waals surface area contributed by atoms with Gasteiger partial charge in [-0.3, -0.25) is 0 Å². The van der Waals surface area contributed by atoms with E-state index in [1.54, 1.807) is 6.08 Å². The van der Waals surface area contributed by atoms with Crippen LogP contribution in [-0.4, -0.2) is 26.4 Å². The van der Waals surface area contributed by atoms with Crippen molar-refractivity contribution in [3.63, 3.8) is 0 Å². The zero-order valence-corrected chi connectivity index (χ0v) is 12.4. The molecule has 0 aromatic heterocycles. The number of hydrogen-bond donors (Lipinski definition) is 0. The van der Waals surface area contributed by atoms with Crippen LogP contribution in [0, 0.1) is 6.42 Å². The van der Waals surface area contributed by atoms with Crippen molar-refractivity contribution in [3.8, 4) is 0 Å². The molecule has 0 atom stereocenters. The minimum atomic E-state index is 0.679. The van der Waals surface area contributed by atoms with Gasteiger partial charge in [0.15, 0.2) is 0 Å². The smallest absolute Gasteiger partial charge is 0.0644 e. The fourth-order valence-electron chi connectivity index (χ4n) is 1.74. The molecule has 19 heavy (non-hydrogen) atoms. The van der Waals surface area contributed by atoms with Crippen LogP contribution in [0.3, 0.4) is 0 Å². The predicted molar refractivity (Wildman–Crippen MR) is 83.3 cm³/mol. The van der Waals surface area contributed by atoms with Crippen LogP contribution in [0.5, 0.6) is 0 Å². The Kier molecular flexibility index (Phi) is 16.9. The van der Waals surface area contributed by atoms with Crippen molar-refractivity contribution in [2.75, 3.05) is 26.4 Å². The van der Waals surface area contributed by atoms with Crippen molar-refractivity contribution in [3.05, 3.63) is 31.7 Å². The molecular formula is C17H31O2. The van der Waals surface area contributed by atoms with Crippen LogP contribution in [-0.2, 0) is 9.47 Å². The number of ether oxygens (including phenoxy) is 2. The average molecular weight is 267 g/mol. The highest BCUT2D eigenvalue weighted by atomic mass is 16.5. The van der Waals surface area contributed by atoms with E-state index in [-0.39, 0.29) is 0 Å². The summed E-state index contributed by atoms with van der Waals surface area (Å²) in [4.78, 5) is 0. The molecule has 2 heteroatoms. The van der Waals surface area contributed by atoms with E-state index in [1.807, 2.05) is 6.08 Å². The minimum absolute atomic E-state index is 0.679. The van der Waals surface area contributed by atoms with Crippen LogP contribution in [0.4, 0.5) is 0 Å². The Bertz CT molecular complexity index is 170. The molecule has 0 fully saturated rings. The molecule has 0 saturated heterocycles. The Hall–Kier alpha value is -0.600. The zero-order chi connectivity index (χ0) is 14.0. The lowest BCUT2D eigenvalue weighted by Gasteiger charge is -2.03. The first-order valence-electron chi connectivity index (χ1n) is 7.60. The Morgan fingerprint density at radius 3 is 2.05 bits per heavy atom. The summed E-state index contributed by atoms with van der Waals surface area (Å²) in [5.74, 6) is 0. The molecule has 1 radical (unpaired) electrons. The fraction of sp³-hybridized carbons (Fsp3) is 0.706. The molecule has 0 amide bonds. The van der Waals surface area contributed by atoms with Gasteiger partial charge in [0.05, 0.1) is 6.61 Å². The molecule has 111 valence electrons. The average Bonchev–Trinajstić information content (AvgIpc) is 2.43. The van der Waals surface area contributed by atoms with E-state index in [1.165, 1.54) is 38.5 Å². The quantitative estimate of drug-likeness (QED) is 0.298. The van der Waals surface area contributed by atoms with E-state index in [9.17, 15) is 0 Å². The topological polar surface area (TPSA) is 18.5 Å². The molecule has 0 bridgehead atoms. The summed E-state index contributed by atoms with van der Waals surface area (Å²) in [5.41, 5.74) is 0. The second kappa shape index (κ2) is 17.4. The van der Waals surface area contributed by atoms with Gasteiger partial charge in [0.25, 0.3) is 0 Å². The van der Waals surface area contributed by atoms with Crippen LogP contribution in [0.1, 0.15) is 51.4 Å². The Labute approximate surface area is 119 Å². The fourth-order valence-corrected chi connectivity index (χ4v) is 1.74. The highest BCUT2D eigenvalue weighted by molar-refractivity contribution is 4.66. The van der Waals surface area contributed by atoms with Gasteiger partial charge in [0.1, 0.15) is 0 Å². The van der Waals surface area contributed by atoms with Crippen LogP contribution in [0.25, 0.3) is 0 Å². The highest BCUT2D eigenvalue weighted by Gasteiger charge is 1.93. The van der Waals surface area contributed by atoms with Crippen LogP contribution in [0.2, 0.25) is 0 Å². The third kappa shape index (κ3) is 17.4. The van der Waals surface area contributed by atoms with E-state index in [2.05, 4.69) is 19.6 Å². The van der Waals surface area contributed by atoms with Gasteiger partial charge in [-0.1, -0.05) is 44.3 Å². The normalized spacial score (nSPS) is 10.5. The van der Waals surface area contributed by atoms with Gasteiger partial charge in [-0.05, 0) is 25.7 Å². The predicted octanol–water partition coefficient (Wildman–Crippen LogP) is 4.72. The summed E-state index contributed by atoms with van der Waals surface area (Å²) in [6.07, 6.45) is 15.7. The molecular weight excluding hydrogens is 236 g/mol. The van der Waals surface area contributed by atoms with Gasteiger partial charge in [0, 0.05) is 19.8 Å². The molecule has 0 aliphatic heterocycles. The monoisotopic (exact) mass is 267 g/mol. The minimum Gasteiger partial charge on any atom is -0.381 e. The van der Waals surface area contributed by atoms with Gasteiger partial charge in [-0.25, -0.2) is 0 Å². The largest absolute Gasteiger partial charge is 0.381 e. The lowest BCUT2D eigenvalue weighted by Crippen LogP contribution is -1.96. The third-order valence-corrected chi connectivity index (χ3v) is 2.85. The van der Waals surface area contributed by atoms with Crippen LogP contribution in [0.15, 0.2) is 25.3 Å². The molecule has 0 unspecified atom stereocenters. The summed E-state index contributed by atoms with van der Waals surface area (Å²) in [7, 11) is 0. The first-order valence-corrected chi connectivity index (χ1v) is 7.60. The maximum absolute atomic E-state index is 5.46. The van der Waals surface area contributed by atoms with Gasteiger partial charge >= 0.3 is 0 Å². The van der Waals surface area contributed by atoms with Crippen molar-refractivity contribution in [2.45, 2.75) is 51.4 Å². The first-order chi connectivity index (χ1) is 9.41. The van der Waals surface area contributed by atoms with Crippen LogP contribution < -0.4 is 0 Å². The van der Waals surface area contributed by atoms with Crippen molar-refractivity contribution in [2.24, 2.45) is 0 Å². The van der Waals surface area contributed by atoms with E-state index < -0.39 is 0 Å². The SMILES string of the molecule is C=CCCOCCCCC[CH]CCCCOCC=C. The maximum Gasteiger partial charge on any atom is 0.0644 e. The van der Waals surface area contributed by atoms with Crippen molar-refractivity contribution < 1.29 is 9.47 Å². The summed E-state index contributed by atoms with van der Waals surface area (Å²) >= 11 is 0. The number of unbranched alkanes of at least 4 members (excludes halogenated alkanes) is 7. The van der Waals surface area contributed by atoms with E-state index in [4.69, 9.17) is 9.47 Å². The summed E-state index contributed by atoms with van der Waals surface area (Å²) in [5, 5.41) is 0. The molecule has 0 N–H and O–H groups in total. The molecule has 0 aliphatic carbocycles. The maximum atomic E-state index is 5.46. The zero-order valence-electron chi connectivity index (χ0n) is 12.4. The standard InChI is InChI=1S/C17H31O2/c1-3-5-15-19-17-13-11-9-7-6-8-10-12-16-18-14-4-2/h3-4,6H,1-2,5,7-17H2. The van der Waals surface area contributed by atoms with Gasteiger partial charge in [-0.2, -0.15) is 0 Å².